The van der Waals surface area contributed by atoms with E-state index in [1.165, 1.54) is 35.9 Å². The molecule has 0 radical (unpaired) electrons. The molecule has 2 aliphatic rings. The summed E-state index contributed by atoms with van der Waals surface area (Å²) in [6.45, 7) is 0.422. The van der Waals surface area contributed by atoms with Crippen LogP contribution >= 0.6 is 23.1 Å². The number of nitrogens with one attached hydrogen (secondary N) is 1. The highest BCUT2D eigenvalue weighted by Gasteiger charge is 2.34. The fourth-order valence-electron chi connectivity index (χ4n) is 3.16. The maximum Gasteiger partial charge on any atom is 0.233 e. The number of aromatic nitrogens is 2. The van der Waals surface area contributed by atoms with Crippen LogP contribution in [0.15, 0.2) is 34.7 Å². The Morgan fingerprint density at radius 3 is 2.68 bits per heavy atom. The van der Waals surface area contributed by atoms with Crippen LogP contribution in [0.4, 0.5) is 5.13 Å². The van der Waals surface area contributed by atoms with Gasteiger partial charge in [-0.15, -0.1) is 10.2 Å². The van der Waals surface area contributed by atoms with Crippen molar-refractivity contribution in [2.75, 3.05) is 22.6 Å². The predicted octanol–water partition coefficient (Wildman–Crippen LogP) is 2.42. The number of amides is 1. The maximum absolute atomic E-state index is 13.0. The van der Waals surface area contributed by atoms with Gasteiger partial charge in [-0.25, -0.2) is 8.42 Å². The molecule has 28 heavy (non-hydrogen) atoms. The van der Waals surface area contributed by atoms with Crippen molar-refractivity contribution >= 4 is 44.0 Å². The van der Waals surface area contributed by atoms with E-state index in [0.717, 1.165) is 15.0 Å². The van der Waals surface area contributed by atoms with Crippen LogP contribution < -0.4 is 5.32 Å². The largest absolute Gasteiger partial charge is 0.357 e. The highest BCUT2D eigenvalue weighted by atomic mass is 32.2. The summed E-state index contributed by atoms with van der Waals surface area (Å²) in [5, 5.41) is 12.3. The van der Waals surface area contributed by atoms with Gasteiger partial charge in [-0.2, -0.15) is 0 Å². The molecular weight excluding hydrogens is 416 g/mol. The summed E-state index contributed by atoms with van der Waals surface area (Å²) in [4.78, 5) is 14.7. The van der Waals surface area contributed by atoms with Gasteiger partial charge in [0.25, 0.3) is 0 Å². The minimum atomic E-state index is -3.06. The summed E-state index contributed by atoms with van der Waals surface area (Å²) < 4.78 is 24.6. The first kappa shape index (κ1) is 19.7. The lowest BCUT2D eigenvalue weighted by molar-refractivity contribution is -0.130. The number of thioether (sulfide) groups is 1. The van der Waals surface area contributed by atoms with Gasteiger partial charge in [0.15, 0.2) is 14.2 Å². The van der Waals surface area contributed by atoms with E-state index in [0.29, 0.717) is 19.0 Å². The highest BCUT2D eigenvalue weighted by molar-refractivity contribution is 8.01. The van der Waals surface area contributed by atoms with Crippen LogP contribution in [0, 0.1) is 0 Å². The molecule has 1 aliphatic carbocycles. The second kappa shape index (κ2) is 8.38. The lowest BCUT2D eigenvalue weighted by Gasteiger charge is -2.28. The van der Waals surface area contributed by atoms with Crippen molar-refractivity contribution < 1.29 is 13.2 Å². The first-order valence-corrected chi connectivity index (χ1v) is 12.9. The molecule has 0 spiro atoms. The van der Waals surface area contributed by atoms with Gasteiger partial charge in [0, 0.05) is 18.6 Å². The summed E-state index contributed by atoms with van der Waals surface area (Å²) >= 11 is 2.81. The Hall–Kier alpha value is -1.65. The molecule has 2 aromatic rings. The third-order valence-electron chi connectivity index (χ3n) is 4.80. The highest BCUT2D eigenvalue weighted by Crippen LogP contribution is 2.30. The number of sulfone groups is 1. The third kappa shape index (κ3) is 5.24. The molecule has 7 nitrogen and oxygen atoms in total. The van der Waals surface area contributed by atoms with Crippen LogP contribution in [-0.4, -0.2) is 58.8 Å². The lowest BCUT2D eigenvalue weighted by Crippen LogP contribution is -2.41. The first-order chi connectivity index (χ1) is 13.5. The van der Waals surface area contributed by atoms with Crippen LogP contribution in [-0.2, 0) is 21.2 Å². The van der Waals surface area contributed by atoms with E-state index in [1.54, 1.807) is 4.90 Å². The van der Waals surface area contributed by atoms with Gasteiger partial charge in [0.05, 0.1) is 17.3 Å². The van der Waals surface area contributed by atoms with Crippen molar-refractivity contribution in [1.82, 2.24) is 15.1 Å². The summed E-state index contributed by atoms with van der Waals surface area (Å²) in [7, 11) is -3.06. The van der Waals surface area contributed by atoms with Gasteiger partial charge >= 0.3 is 0 Å². The van der Waals surface area contributed by atoms with Gasteiger partial charge in [0.2, 0.25) is 11.0 Å². The molecule has 1 aromatic heterocycles. The Balaban J connectivity index is 1.41. The van der Waals surface area contributed by atoms with Crippen LogP contribution in [0.1, 0.15) is 24.8 Å². The maximum atomic E-state index is 13.0. The topological polar surface area (TPSA) is 92.3 Å². The number of hydrogen-bond acceptors (Lipinski definition) is 8. The molecule has 0 unspecified atom stereocenters. The van der Waals surface area contributed by atoms with Gasteiger partial charge in [-0.05, 0) is 24.8 Å². The summed E-state index contributed by atoms with van der Waals surface area (Å²) in [5.41, 5.74) is 0.997. The summed E-state index contributed by atoms with van der Waals surface area (Å²) in [5.74, 6) is 0.352. The second-order valence-electron chi connectivity index (χ2n) is 7.14. The number of hydrogen-bond donors (Lipinski definition) is 1. The zero-order valence-electron chi connectivity index (χ0n) is 15.3. The number of nitrogens with zero attached hydrogens (tertiary/aromatic N) is 3. The molecule has 1 atom stereocenters. The van der Waals surface area contributed by atoms with Crippen LogP contribution in [0.3, 0.4) is 0 Å². The molecule has 150 valence electrons. The molecule has 1 amide bonds. The lowest BCUT2D eigenvalue weighted by atomic mass is 10.1. The molecule has 0 bridgehead atoms. The molecular formula is C18H22N4O3S3. The normalized spacial score (nSPS) is 20.8. The Bertz CT molecular complexity index is 929. The van der Waals surface area contributed by atoms with E-state index >= 15 is 0 Å². The van der Waals surface area contributed by atoms with E-state index in [9.17, 15) is 13.2 Å². The Kier molecular flexibility index (Phi) is 5.88. The standard InChI is InChI=1S/C18H22N4O3S3/c23-16(11-26-18-21-20-17(27-18)19-14-6-7-14)22(10-13-4-2-1-3-5-13)15-8-9-28(24,25)12-15/h1-5,14-15H,6-12H2,(H,19,20)/t15-/m0/s1. The molecule has 1 saturated heterocycles. The van der Waals surface area contributed by atoms with Crippen molar-refractivity contribution in [2.45, 2.75) is 42.2 Å². The van der Waals surface area contributed by atoms with E-state index in [-0.39, 0.29) is 29.2 Å². The van der Waals surface area contributed by atoms with Gasteiger partial charge < -0.3 is 10.2 Å². The van der Waals surface area contributed by atoms with Crippen LogP contribution in [0.2, 0.25) is 0 Å². The Morgan fingerprint density at radius 1 is 1.21 bits per heavy atom. The molecule has 2 fully saturated rings. The van der Waals surface area contributed by atoms with Crippen molar-refractivity contribution in [3.8, 4) is 0 Å². The molecule has 2 heterocycles. The van der Waals surface area contributed by atoms with Gasteiger partial charge in [0.1, 0.15) is 0 Å². The summed E-state index contributed by atoms with van der Waals surface area (Å²) in [6.07, 6.45) is 2.83. The molecule has 1 saturated carbocycles. The Labute approximate surface area is 172 Å². The SMILES string of the molecule is O=C(CSc1nnc(NC2CC2)s1)N(Cc1ccccc1)[C@H]1CCS(=O)(=O)C1. The minimum absolute atomic E-state index is 0.0461. The average Bonchev–Trinajstić information content (AvgIpc) is 3.25. The van der Waals surface area contributed by atoms with E-state index < -0.39 is 9.84 Å². The fourth-order valence-corrected chi connectivity index (χ4v) is 6.60. The molecule has 1 aliphatic heterocycles. The molecule has 4 rings (SSSR count). The third-order valence-corrected chi connectivity index (χ3v) is 8.52. The quantitative estimate of drug-likeness (QED) is 0.633. The van der Waals surface area contributed by atoms with E-state index in [2.05, 4.69) is 15.5 Å². The van der Waals surface area contributed by atoms with Gasteiger partial charge in [-0.1, -0.05) is 53.4 Å². The number of benzene rings is 1. The van der Waals surface area contributed by atoms with Crippen molar-refractivity contribution in [3.05, 3.63) is 35.9 Å². The Morgan fingerprint density at radius 2 is 2.00 bits per heavy atom. The zero-order valence-corrected chi connectivity index (χ0v) is 17.7. The van der Waals surface area contributed by atoms with Gasteiger partial charge in [-0.3, -0.25) is 4.79 Å². The number of carbonyl (C=O) groups is 1. The number of carbonyl (C=O) groups excluding carboxylic acids is 1. The van der Waals surface area contributed by atoms with Crippen molar-refractivity contribution in [2.24, 2.45) is 0 Å². The van der Waals surface area contributed by atoms with E-state index in [1.807, 2.05) is 30.3 Å². The predicted molar refractivity (Wildman–Crippen MR) is 111 cm³/mol. The fraction of sp³-hybridized carbons (Fsp3) is 0.500. The van der Waals surface area contributed by atoms with Crippen LogP contribution in [0.5, 0.6) is 0 Å². The average molecular weight is 439 g/mol. The smallest absolute Gasteiger partial charge is 0.233 e. The van der Waals surface area contributed by atoms with E-state index in [4.69, 9.17) is 0 Å². The minimum Gasteiger partial charge on any atom is -0.357 e. The molecule has 10 heteroatoms. The zero-order chi connectivity index (χ0) is 19.6. The van der Waals surface area contributed by atoms with Crippen LogP contribution in [0.25, 0.3) is 0 Å². The number of anilines is 1. The molecule has 1 aromatic carbocycles. The summed E-state index contributed by atoms with van der Waals surface area (Å²) in [6, 6.07) is 9.93. The molecule has 1 N–H and O–H groups in total. The van der Waals surface area contributed by atoms with Crippen molar-refractivity contribution in [1.29, 1.82) is 0 Å². The monoisotopic (exact) mass is 438 g/mol. The van der Waals surface area contributed by atoms with Crippen molar-refractivity contribution in [3.63, 3.8) is 0 Å². The number of rotatable bonds is 8. The second-order valence-corrected chi connectivity index (χ2v) is 11.6. The first-order valence-electron chi connectivity index (χ1n) is 9.25.